The van der Waals surface area contributed by atoms with Crippen LogP contribution in [0, 0.1) is 13.8 Å². The predicted molar refractivity (Wildman–Crippen MR) is 119 cm³/mol. The van der Waals surface area contributed by atoms with E-state index in [0.717, 1.165) is 0 Å². The number of benzene rings is 2. The highest BCUT2D eigenvalue weighted by atomic mass is 35.5. The Labute approximate surface area is 189 Å². The molecule has 162 valence electrons. The number of halogens is 1. The number of carbonyl (C=O) groups is 1. The molecule has 2 heterocycles. The van der Waals surface area contributed by atoms with Crippen LogP contribution in [0.4, 0.5) is 5.69 Å². The Hall–Kier alpha value is -3.56. The molecule has 2 aromatic carbocycles. The molecule has 2 aromatic heterocycles. The molecular weight excluding hydrogens is 452 g/mol. The largest absolute Gasteiger partial charge is 0.421 e. The minimum absolute atomic E-state index is 0.000447. The first-order valence-corrected chi connectivity index (χ1v) is 11.3. The summed E-state index contributed by atoms with van der Waals surface area (Å²) in [6, 6.07) is 15.3. The summed E-state index contributed by atoms with van der Waals surface area (Å²) < 4.78 is 33.8. The van der Waals surface area contributed by atoms with Crippen LogP contribution in [0.15, 0.2) is 70.0 Å². The lowest BCUT2D eigenvalue weighted by molar-refractivity contribution is 0.103. The molecule has 32 heavy (non-hydrogen) atoms. The third kappa shape index (κ3) is 4.53. The van der Waals surface area contributed by atoms with E-state index in [9.17, 15) is 13.2 Å². The van der Waals surface area contributed by atoms with E-state index < -0.39 is 15.8 Å². The molecule has 4 rings (SSSR count). The number of pyridine rings is 1. The van der Waals surface area contributed by atoms with E-state index in [2.05, 4.69) is 19.9 Å². The van der Waals surface area contributed by atoms with Crippen LogP contribution in [0.2, 0.25) is 5.02 Å². The Balaban J connectivity index is 1.65. The lowest BCUT2D eigenvalue weighted by Crippen LogP contribution is -2.16. The molecular formula is C22H17ClN4O4S. The number of anilines is 1. The van der Waals surface area contributed by atoms with Crippen molar-refractivity contribution >= 4 is 33.1 Å². The quantitative estimate of drug-likeness (QED) is 0.416. The number of hydrogen-bond acceptors (Lipinski definition) is 7. The number of ketones is 1. The molecule has 0 aliphatic rings. The van der Waals surface area contributed by atoms with Gasteiger partial charge < -0.3 is 4.42 Å². The van der Waals surface area contributed by atoms with Gasteiger partial charge in [-0.2, -0.15) is 0 Å². The van der Waals surface area contributed by atoms with Gasteiger partial charge >= 0.3 is 0 Å². The van der Waals surface area contributed by atoms with E-state index in [1.165, 1.54) is 30.3 Å². The fourth-order valence-corrected chi connectivity index (χ4v) is 4.25. The third-order valence-electron chi connectivity index (χ3n) is 4.53. The SMILES string of the molecule is Cc1cccc(C(=O)c2cc(Cl)ccc2NS(=O)(=O)c2ccc(-c3nnc(C)o3)cc2)n1. The van der Waals surface area contributed by atoms with Crippen LogP contribution in [0.1, 0.15) is 27.6 Å². The van der Waals surface area contributed by atoms with Crippen LogP contribution in [0.5, 0.6) is 0 Å². The molecule has 0 radical (unpaired) electrons. The lowest BCUT2D eigenvalue weighted by Gasteiger charge is -2.13. The highest BCUT2D eigenvalue weighted by Crippen LogP contribution is 2.27. The fourth-order valence-electron chi connectivity index (χ4n) is 2.99. The van der Waals surface area contributed by atoms with Crippen molar-refractivity contribution in [2.75, 3.05) is 4.72 Å². The molecule has 0 saturated heterocycles. The molecule has 0 atom stereocenters. The number of nitrogens with zero attached hydrogens (tertiary/aromatic N) is 3. The molecule has 0 unspecified atom stereocenters. The van der Waals surface area contributed by atoms with Gasteiger partial charge in [0.25, 0.3) is 10.0 Å². The van der Waals surface area contributed by atoms with Gasteiger partial charge in [0.2, 0.25) is 17.6 Å². The van der Waals surface area contributed by atoms with Gasteiger partial charge in [0.15, 0.2) is 0 Å². The van der Waals surface area contributed by atoms with Gasteiger partial charge in [-0.05, 0) is 61.5 Å². The lowest BCUT2D eigenvalue weighted by atomic mass is 10.1. The highest BCUT2D eigenvalue weighted by molar-refractivity contribution is 7.92. The van der Waals surface area contributed by atoms with Crippen molar-refractivity contribution in [1.29, 1.82) is 0 Å². The average molecular weight is 469 g/mol. The minimum atomic E-state index is -4.00. The number of aromatic nitrogens is 3. The molecule has 10 heteroatoms. The molecule has 1 N–H and O–H groups in total. The molecule has 0 aliphatic heterocycles. The summed E-state index contributed by atoms with van der Waals surface area (Å²) in [6.45, 7) is 3.42. The summed E-state index contributed by atoms with van der Waals surface area (Å²) in [7, 11) is -4.00. The molecule has 0 amide bonds. The molecule has 0 fully saturated rings. The average Bonchev–Trinajstić information content (AvgIpc) is 3.21. The van der Waals surface area contributed by atoms with Gasteiger partial charge in [-0.3, -0.25) is 9.52 Å². The summed E-state index contributed by atoms with van der Waals surface area (Å²) in [5, 5.41) is 7.97. The van der Waals surface area contributed by atoms with Crippen molar-refractivity contribution in [3.8, 4) is 11.5 Å². The standard InChI is InChI=1S/C22H17ClN4O4S/c1-13-4-3-5-20(24-13)21(28)18-12-16(23)8-11-19(18)27-32(29,30)17-9-6-15(7-10-17)22-26-25-14(2)31-22/h3-12,27H,1-2H3. The van der Waals surface area contributed by atoms with E-state index in [1.54, 1.807) is 44.2 Å². The molecule has 0 aliphatic carbocycles. The van der Waals surface area contributed by atoms with Crippen LogP contribution in [-0.2, 0) is 10.0 Å². The van der Waals surface area contributed by atoms with E-state index in [1.807, 2.05) is 0 Å². The van der Waals surface area contributed by atoms with Crippen molar-refractivity contribution in [1.82, 2.24) is 15.2 Å². The second-order valence-corrected chi connectivity index (χ2v) is 9.06. The first-order chi connectivity index (χ1) is 15.2. The van der Waals surface area contributed by atoms with E-state index in [0.29, 0.717) is 22.2 Å². The van der Waals surface area contributed by atoms with Gasteiger partial charge in [0.05, 0.1) is 10.6 Å². The number of aryl methyl sites for hydroxylation is 2. The molecule has 0 saturated carbocycles. The van der Waals surface area contributed by atoms with Crippen LogP contribution >= 0.6 is 11.6 Å². The number of carbonyl (C=O) groups excluding carboxylic acids is 1. The Bertz CT molecular complexity index is 1420. The first-order valence-electron chi connectivity index (χ1n) is 9.44. The van der Waals surface area contributed by atoms with Gasteiger partial charge in [-0.1, -0.05) is 17.7 Å². The summed E-state index contributed by atoms with van der Waals surface area (Å²) in [6.07, 6.45) is 0. The van der Waals surface area contributed by atoms with Crippen molar-refractivity contribution in [3.63, 3.8) is 0 Å². The monoisotopic (exact) mass is 468 g/mol. The zero-order valence-electron chi connectivity index (χ0n) is 17.0. The van der Waals surface area contributed by atoms with Gasteiger partial charge in [-0.25, -0.2) is 13.4 Å². The molecule has 8 nitrogen and oxygen atoms in total. The highest BCUT2D eigenvalue weighted by Gasteiger charge is 2.21. The Morgan fingerprint density at radius 1 is 1.00 bits per heavy atom. The smallest absolute Gasteiger partial charge is 0.261 e. The maximum Gasteiger partial charge on any atom is 0.261 e. The number of sulfonamides is 1. The van der Waals surface area contributed by atoms with Crippen molar-refractivity contribution in [3.05, 3.63) is 88.5 Å². The summed E-state index contributed by atoms with van der Waals surface area (Å²) in [4.78, 5) is 17.2. The maximum atomic E-state index is 13.0. The van der Waals surface area contributed by atoms with E-state index in [4.69, 9.17) is 16.0 Å². The Morgan fingerprint density at radius 2 is 1.75 bits per heavy atom. The summed E-state index contributed by atoms with van der Waals surface area (Å²) in [5.74, 6) is 0.244. The predicted octanol–water partition coefficient (Wildman–Crippen LogP) is 4.43. The normalized spacial score (nSPS) is 11.3. The zero-order valence-corrected chi connectivity index (χ0v) is 18.6. The van der Waals surface area contributed by atoms with Crippen LogP contribution in [0.3, 0.4) is 0 Å². The maximum absolute atomic E-state index is 13.0. The summed E-state index contributed by atoms with van der Waals surface area (Å²) >= 11 is 6.08. The van der Waals surface area contributed by atoms with Gasteiger partial charge in [0, 0.05) is 28.8 Å². The van der Waals surface area contributed by atoms with E-state index >= 15 is 0 Å². The minimum Gasteiger partial charge on any atom is -0.421 e. The van der Waals surface area contributed by atoms with Crippen LogP contribution in [-0.4, -0.2) is 29.4 Å². The number of hydrogen-bond donors (Lipinski definition) is 1. The second-order valence-electron chi connectivity index (χ2n) is 6.94. The first kappa shape index (κ1) is 21.7. The topological polar surface area (TPSA) is 115 Å². The molecule has 4 aromatic rings. The number of rotatable bonds is 6. The van der Waals surface area contributed by atoms with Crippen molar-refractivity contribution < 1.29 is 17.6 Å². The van der Waals surface area contributed by atoms with E-state index in [-0.39, 0.29) is 27.7 Å². The van der Waals surface area contributed by atoms with Crippen LogP contribution < -0.4 is 4.72 Å². The molecule has 0 spiro atoms. The Morgan fingerprint density at radius 3 is 2.41 bits per heavy atom. The van der Waals surface area contributed by atoms with Crippen molar-refractivity contribution in [2.24, 2.45) is 0 Å². The summed E-state index contributed by atoms with van der Waals surface area (Å²) in [5.41, 5.74) is 1.62. The van der Waals surface area contributed by atoms with Crippen molar-refractivity contribution in [2.45, 2.75) is 18.7 Å². The second kappa shape index (κ2) is 8.52. The molecule has 0 bridgehead atoms. The zero-order chi connectivity index (χ0) is 22.9. The number of nitrogens with one attached hydrogen (secondary N) is 1. The van der Waals surface area contributed by atoms with Gasteiger partial charge in [-0.15, -0.1) is 10.2 Å². The third-order valence-corrected chi connectivity index (χ3v) is 6.15. The Kier molecular flexibility index (Phi) is 5.77. The fraction of sp³-hybridized carbons (Fsp3) is 0.0909. The van der Waals surface area contributed by atoms with Crippen LogP contribution in [0.25, 0.3) is 11.5 Å². The van der Waals surface area contributed by atoms with Gasteiger partial charge in [0.1, 0.15) is 5.69 Å².